The van der Waals surface area contributed by atoms with Crippen LogP contribution in [0, 0.1) is 0 Å². The number of benzene rings is 1. The molecule has 0 bridgehead atoms. The van der Waals surface area contributed by atoms with Crippen LogP contribution in [-0.2, 0) is 14.6 Å². The molecule has 0 heterocycles. The summed E-state index contributed by atoms with van der Waals surface area (Å²) >= 11 is 0.968. The lowest BCUT2D eigenvalue weighted by molar-refractivity contribution is -0.108. The summed E-state index contributed by atoms with van der Waals surface area (Å²) in [6, 6.07) is 9.02. The fourth-order valence-electron chi connectivity index (χ4n) is 0.931. The Morgan fingerprint density at radius 3 is 2.40 bits per heavy atom. The van der Waals surface area contributed by atoms with Crippen LogP contribution in [0.2, 0.25) is 0 Å². The number of hydrogen-bond acceptors (Lipinski definition) is 4. The van der Waals surface area contributed by atoms with Gasteiger partial charge in [0, 0.05) is 10.6 Å². The Bertz CT molecular complexity index is 423. The summed E-state index contributed by atoms with van der Waals surface area (Å²) in [5, 5.41) is -0.331. The highest BCUT2D eigenvalue weighted by Gasteiger charge is 2.15. The normalized spacial score (nSPS) is 11.3. The van der Waals surface area contributed by atoms with E-state index in [0.29, 0.717) is 0 Å². The molecule has 0 spiro atoms. The molecule has 0 aromatic heterocycles. The molecular formula is C10H12O3S2. The van der Waals surface area contributed by atoms with Crippen LogP contribution in [0.15, 0.2) is 35.2 Å². The third-order valence-electron chi connectivity index (χ3n) is 1.75. The number of carbonyl (C=O) groups is 1. The van der Waals surface area contributed by atoms with E-state index in [-0.39, 0.29) is 16.6 Å². The number of sulfone groups is 1. The lowest BCUT2D eigenvalue weighted by atomic mass is 10.4. The summed E-state index contributed by atoms with van der Waals surface area (Å²) in [6.07, 6.45) is 0. The first-order valence-electron chi connectivity index (χ1n) is 4.49. The summed E-state index contributed by atoms with van der Waals surface area (Å²) in [4.78, 5) is 12.1. The van der Waals surface area contributed by atoms with Gasteiger partial charge in [-0.2, -0.15) is 0 Å². The van der Waals surface area contributed by atoms with E-state index >= 15 is 0 Å². The first-order valence-corrected chi connectivity index (χ1v) is 7.13. The number of hydrogen-bond donors (Lipinski definition) is 0. The van der Waals surface area contributed by atoms with Gasteiger partial charge < -0.3 is 0 Å². The minimum Gasteiger partial charge on any atom is -0.286 e. The molecule has 82 valence electrons. The third-order valence-corrected chi connectivity index (χ3v) is 4.40. The van der Waals surface area contributed by atoms with Crippen LogP contribution in [0.4, 0.5) is 0 Å². The van der Waals surface area contributed by atoms with Gasteiger partial charge in [0.2, 0.25) is 5.12 Å². The van der Waals surface area contributed by atoms with Crippen molar-refractivity contribution >= 4 is 26.7 Å². The monoisotopic (exact) mass is 244 g/mol. The predicted molar refractivity (Wildman–Crippen MR) is 61.6 cm³/mol. The van der Waals surface area contributed by atoms with Crippen LogP contribution < -0.4 is 0 Å². The molecule has 0 amide bonds. The van der Waals surface area contributed by atoms with Gasteiger partial charge in [-0.05, 0) is 12.1 Å². The van der Waals surface area contributed by atoms with Crippen molar-refractivity contribution in [3.8, 4) is 0 Å². The number of thioether (sulfide) groups is 1. The van der Waals surface area contributed by atoms with Gasteiger partial charge in [-0.3, -0.25) is 4.79 Å². The number of rotatable bonds is 4. The van der Waals surface area contributed by atoms with Crippen LogP contribution in [0.1, 0.15) is 6.92 Å². The summed E-state index contributed by atoms with van der Waals surface area (Å²) in [6.45, 7) is 1.54. The van der Waals surface area contributed by atoms with Gasteiger partial charge in [0.25, 0.3) is 0 Å². The molecule has 1 rings (SSSR count). The highest BCUT2D eigenvalue weighted by molar-refractivity contribution is 8.15. The van der Waals surface area contributed by atoms with Crippen molar-refractivity contribution < 1.29 is 13.2 Å². The Morgan fingerprint density at radius 2 is 1.87 bits per heavy atom. The molecule has 5 heteroatoms. The van der Waals surface area contributed by atoms with E-state index in [0.717, 1.165) is 16.7 Å². The molecule has 0 N–H and O–H groups in total. The second-order valence-electron chi connectivity index (χ2n) is 2.96. The van der Waals surface area contributed by atoms with Gasteiger partial charge in [-0.25, -0.2) is 8.42 Å². The van der Waals surface area contributed by atoms with E-state index in [4.69, 9.17) is 0 Å². The van der Waals surface area contributed by atoms with Crippen molar-refractivity contribution in [3.63, 3.8) is 0 Å². The zero-order chi connectivity index (χ0) is 11.3. The Hall–Kier alpha value is -0.810. The minimum atomic E-state index is -3.21. The average Bonchev–Trinajstić information content (AvgIpc) is 2.18. The molecule has 1 aromatic carbocycles. The van der Waals surface area contributed by atoms with Crippen LogP contribution >= 0.6 is 11.8 Å². The van der Waals surface area contributed by atoms with Gasteiger partial charge in [0.05, 0.1) is 0 Å². The third kappa shape index (κ3) is 4.48. The van der Waals surface area contributed by atoms with Gasteiger partial charge in [-0.15, -0.1) is 0 Å². The van der Waals surface area contributed by atoms with E-state index in [1.807, 2.05) is 18.2 Å². The molecule has 3 nitrogen and oxygen atoms in total. The summed E-state index contributed by atoms with van der Waals surface area (Å²) in [7, 11) is -3.21. The molecule has 0 unspecified atom stereocenters. The van der Waals surface area contributed by atoms with E-state index in [9.17, 15) is 13.2 Å². The molecule has 0 atom stereocenters. The van der Waals surface area contributed by atoms with Gasteiger partial charge in [0.1, 0.15) is 5.75 Å². The van der Waals surface area contributed by atoms with Crippen molar-refractivity contribution in [3.05, 3.63) is 30.3 Å². The highest BCUT2D eigenvalue weighted by atomic mass is 32.2. The van der Waals surface area contributed by atoms with Crippen molar-refractivity contribution in [1.82, 2.24) is 0 Å². The Labute approximate surface area is 93.8 Å². The van der Waals surface area contributed by atoms with Crippen molar-refractivity contribution in [2.24, 2.45) is 0 Å². The van der Waals surface area contributed by atoms with Crippen molar-refractivity contribution in [2.45, 2.75) is 11.8 Å². The molecule has 0 saturated heterocycles. The van der Waals surface area contributed by atoms with E-state index < -0.39 is 9.84 Å². The zero-order valence-electron chi connectivity index (χ0n) is 8.34. The van der Waals surface area contributed by atoms with Crippen LogP contribution in [0.5, 0.6) is 0 Å². The largest absolute Gasteiger partial charge is 0.286 e. The molecule has 0 saturated carbocycles. The van der Waals surface area contributed by atoms with Gasteiger partial charge in [0.15, 0.2) is 9.84 Å². The van der Waals surface area contributed by atoms with Gasteiger partial charge >= 0.3 is 0 Å². The second-order valence-corrected chi connectivity index (χ2v) is 6.45. The fraction of sp³-hybridized carbons (Fsp3) is 0.300. The predicted octanol–water partition coefficient (Wildman–Crippen LogP) is 1.74. The highest BCUT2D eigenvalue weighted by Crippen LogP contribution is 2.18. The average molecular weight is 244 g/mol. The zero-order valence-corrected chi connectivity index (χ0v) is 9.98. The lowest BCUT2D eigenvalue weighted by Gasteiger charge is -2.00. The maximum absolute atomic E-state index is 11.4. The quantitative estimate of drug-likeness (QED) is 0.757. The molecular weight excluding hydrogens is 232 g/mol. The Kier molecular flexibility index (Phi) is 4.35. The lowest BCUT2D eigenvalue weighted by Crippen LogP contribution is -2.14. The van der Waals surface area contributed by atoms with Crippen molar-refractivity contribution in [2.75, 3.05) is 11.5 Å². The minimum absolute atomic E-state index is 0.00803. The maximum Gasteiger partial charge on any atom is 0.208 e. The van der Waals surface area contributed by atoms with E-state index in [1.54, 1.807) is 12.1 Å². The van der Waals surface area contributed by atoms with Crippen LogP contribution in [-0.4, -0.2) is 25.0 Å². The van der Waals surface area contributed by atoms with E-state index in [1.165, 1.54) is 6.92 Å². The summed E-state index contributed by atoms with van der Waals surface area (Å²) in [5.74, 6) is -0.378. The molecule has 0 aliphatic carbocycles. The van der Waals surface area contributed by atoms with Crippen LogP contribution in [0.25, 0.3) is 0 Å². The molecule has 0 fully saturated rings. The molecule has 0 aliphatic rings. The van der Waals surface area contributed by atoms with E-state index in [2.05, 4.69) is 0 Å². The molecule has 0 radical (unpaired) electrons. The van der Waals surface area contributed by atoms with Crippen LogP contribution in [0.3, 0.4) is 0 Å². The Balaban J connectivity index is 2.58. The van der Waals surface area contributed by atoms with Crippen molar-refractivity contribution in [1.29, 1.82) is 0 Å². The Morgan fingerprint density at radius 1 is 1.27 bits per heavy atom. The first-order chi connectivity index (χ1) is 7.03. The molecule has 0 aliphatic heterocycles. The summed E-state index contributed by atoms with van der Waals surface area (Å²) in [5.41, 5.74) is 0. The SMILES string of the molecule is CCS(=O)(=O)CC(=O)Sc1ccccc1. The van der Waals surface area contributed by atoms with Gasteiger partial charge in [-0.1, -0.05) is 36.9 Å². The maximum atomic E-state index is 11.4. The fourth-order valence-corrected chi connectivity index (χ4v) is 2.82. The number of carbonyl (C=O) groups excluding carboxylic acids is 1. The second kappa shape index (κ2) is 5.32. The topological polar surface area (TPSA) is 51.2 Å². The molecule has 1 aromatic rings. The standard InChI is InChI=1S/C10H12O3S2/c1-2-15(12,13)8-10(11)14-9-6-4-3-5-7-9/h3-7H,2,8H2,1H3. The smallest absolute Gasteiger partial charge is 0.208 e. The first kappa shape index (κ1) is 12.3. The molecule has 15 heavy (non-hydrogen) atoms. The summed E-state index contributed by atoms with van der Waals surface area (Å²) < 4.78 is 22.3.